The van der Waals surface area contributed by atoms with Crippen molar-refractivity contribution >= 4 is 19.7 Å². The van der Waals surface area contributed by atoms with Crippen LogP contribution in [0.5, 0.6) is 0 Å². The van der Waals surface area contributed by atoms with Crippen LogP contribution in [0.3, 0.4) is 0 Å². The van der Waals surface area contributed by atoms with Crippen molar-refractivity contribution in [2.75, 3.05) is 5.88 Å². The van der Waals surface area contributed by atoms with Crippen molar-refractivity contribution in [2.45, 2.75) is 321 Å². The first-order valence-electron chi connectivity index (χ1n) is 25.8. The van der Waals surface area contributed by atoms with Gasteiger partial charge in [0.1, 0.15) is 0 Å². The first-order valence-corrected chi connectivity index (χ1v) is 29.2. The van der Waals surface area contributed by atoms with E-state index in [9.17, 15) is 0 Å². The molecular weight excluding hydrogens is 676 g/mol. The molecule has 0 aliphatic heterocycles. The van der Waals surface area contributed by atoms with E-state index in [4.69, 9.17) is 11.6 Å². The molecule has 0 nitrogen and oxygen atoms in total. The van der Waals surface area contributed by atoms with E-state index >= 15 is 0 Å². The van der Waals surface area contributed by atoms with E-state index in [1.165, 1.54) is 282 Å². The molecule has 0 radical (unpaired) electrons. The van der Waals surface area contributed by atoms with E-state index in [1.54, 1.807) is 18.1 Å². The fourth-order valence-electron chi connectivity index (χ4n) is 9.28. The van der Waals surface area contributed by atoms with Crippen molar-refractivity contribution in [3.8, 4) is 0 Å². The maximum Gasteiger partial charge on any atom is 0.0536 e. The van der Waals surface area contributed by atoms with Crippen LogP contribution in [0.1, 0.15) is 297 Å². The summed E-state index contributed by atoms with van der Waals surface area (Å²) in [6, 6.07) is 6.41. The lowest BCUT2D eigenvalue weighted by Gasteiger charge is -2.33. The quantitative estimate of drug-likeness (QED) is 0.0328. The molecule has 0 bridgehead atoms. The highest BCUT2D eigenvalue weighted by Gasteiger charge is 2.30. The van der Waals surface area contributed by atoms with Gasteiger partial charge in [0.15, 0.2) is 0 Å². The first-order chi connectivity index (χ1) is 26.2. The lowest BCUT2D eigenvalue weighted by Crippen LogP contribution is -2.34. The highest BCUT2D eigenvalue weighted by molar-refractivity contribution is 6.79. The first kappa shape index (κ1) is 53.5. The third kappa shape index (κ3) is 41.9. The molecule has 0 fully saturated rings. The molecule has 0 aliphatic rings. The van der Waals surface area contributed by atoms with Crippen molar-refractivity contribution < 1.29 is 0 Å². The normalized spacial score (nSPS) is 12.0. The number of unbranched alkanes of at least 4 members (excludes halogenated alkanes) is 39. The molecule has 0 aliphatic carbocycles. The van der Waals surface area contributed by atoms with Crippen LogP contribution >= 0.6 is 11.6 Å². The van der Waals surface area contributed by atoms with E-state index in [0.29, 0.717) is 0 Å². The standard InChI is InChI=1S/C51H105ClSi/c1-4-7-10-13-16-19-22-25-28-31-34-37-40-43-48-53(51-46-47-52,49-44-41-38-35-32-29-26-23-20-17-14-11-8-5-2)50-45-42-39-36-33-30-27-24-21-18-15-12-9-6-3/h4-51H2,1-3H3. The number of halogens is 1. The average Bonchev–Trinajstić information content (AvgIpc) is 3.17. The summed E-state index contributed by atoms with van der Waals surface area (Å²) in [5, 5.41) is 0. The summed E-state index contributed by atoms with van der Waals surface area (Å²) < 4.78 is 0. The fraction of sp³-hybridized carbons (Fsp3) is 1.00. The number of hydrogen-bond acceptors (Lipinski definition) is 0. The molecule has 0 unspecified atom stereocenters. The van der Waals surface area contributed by atoms with Gasteiger partial charge in [-0.25, -0.2) is 0 Å². The van der Waals surface area contributed by atoms with Gasteiger partial charge in [-0.15, -0.1) is 11.6 Å². The summed E-state index contributed by atoms with van der Waals surface area (Å²) in [6.07, 6.45) is 63.3. The molecular formula is C51H105ClSi. The number of hydrogen-bond donors (Lipinski definition) is 0. The minimum atomic E-state index is -1.21. The smallest absolute Gasteiger partial charge is 0.0536 e. The second-order valence-corrected chi connectivity index (χ2v) is 23.7. The third-order valence-corrected chi connectivity index (χ3v) is 18.9. The molecule has 0 saturated carbocycles. The Bertz CT molecular complexity index is 555. The molecule has 0 rings (SSSR count). The van der Waals surface area contributed by atoms with Crippen LogP contribution in [-0.4, -0.2) is 14.0 Å². The van der Waals surface area contributed by atoms with Gasteiger partial charge < -0.3 is 0 Å². The summed E-state index contributed by atoms with van der Waals surface area (Å²) in [4.78, 5) is 0. The Morgan fingerprint density at radius 2 is 0.358 bits per heavy atom. The molecule has 0 aromatic rings. The number of rotatable bonds is 48. The highest BCUT2D eigenvalue weighted by atomic mass is 35.5. The molecule has 0 amide bonds. The summed E-state index contributed by atoms with van der Waals surface area (Å²) in [5.41, 5.74) is 0. The van der Waals surface area contributed by atoms with Gasteiger partial charge in [-0.3, -0.25) is 0 Å². The van der Waals surface area contributed by atoms with Crippen LogP contribution in [-0.2, 0) is 0 Å². The van der Waals surface area contributed by atoms with E-state index in [1.807, 2.05) is 0 Å². The van der Waals surface area contributed by atoms with Crippen LogP contribution < -0.4 is 0 Å². The Morgan fingerprint density at radius 1 is 0.208 bits per heavy atom. The van der Waals surface area contributed by atoms with Gasteiger partial charge in [-0.1, -0.05) is 315 Å². The second kappa shape index (κ2) is 46.9. The third-order valence-electron chi connectivity index (χ3n) is 13.0. The van der Waals surface area contributed by atoms with E-state index < -0.39 is 8.07 Å². The highest BCUT2D eigenvalue weighted by Crippen LogP contribution is 2.35. The predicted molar refractivity (Wildman–Crippen MR) is 251 cm³/mol. The van der Waals surface area contributed by atoms with Crippen LogP contribution in [0.4, 0.5) is 0 Å². The van der Waals surface area contributed by atoms with Crippen molar-refractivity contribution in [1.29, 1.82) is 0 Å². The molecule has 0 N–H and O–H groups in total. The molecule has 2 heteroatoms. The lowest BCUT2D eigenvalue weighted by molar-refractivity contribution is 0.535. The minimum Gasteiger partial charge on any atom is -0.127 e. The van der Waals surface area contributed by atoms with Crippen molar-refractivity contribution in [3.63, 3.8) is 0 Å². The zero-order chi connectivity index (χ0) is 38.4. The molecule has 0 aromatic heterocycles. The molecule has 53 heavy (non-hydrogen) atoms. The molecule has 0 spiro atoms. The molecule has 0 heterocycles. The number of alkyl halides is 1. The van der Waals surface area contributed by atoms with Gasteiger partial charge in [0.2, 0.25) is 0 Å². The van der Waals surface area contributed by atoms with Crippen LogP contribution in [0.25, 0.3) is 0 Å². The SMILES string of the molecule is CCCCCCCCCCCCCCCC[Si](CCCCl)(CCCCCCCCCCCCCCCC)CCCCCCCCCCCCCCCC. The van der Waals surface area contributed by atoms with Crippen LogP contribution in [0.15, 0.2) is 0 Å². The van der Waals surface area contributed by atoms with Crippen molar-refractivity contribution in [3.05, 3.63) is 0 Å². The largest absolute Gasteiger partial charge is 0.127 e. The van der Waals surface area contributed by atoms with Crippen molar-refractivity contribution in [2.24, 2.45) is 0 Å². The average molecular weight is 782 g/mol. The molecule has 0 saturated heterocycles. The minimum absolute atomic E-state index is 0.894. The summed E-state index contributed by atoms with van der Waals surface area (Å²) in [7, 11) is -1.21. The van der Waals surface area contributed by atoms with Gasteiger partial charge >= 0.3 is 0 Å². The van der Waals surface area contributed by atoms with E-state index in [0.717, 1.165) is 5.88 Å². The topological polar surface area (TPSA) is 0 Å². The Morgan fingerprint density at radius 3 is 0.528 bits per heavy atom. The Balaban J connectivity index is 4.42. The van der Waals surface area contributed by atoms with E-state index in [2.05, 4.69) is 20.8 Å². The monoisotopic (exact) mass is 781 g/mol. The zero-order valence-electron chi connectivity index (χ0n) is 37.8. The zero-order valence-corrected chi connectivity index (χ0v) is 39.6. The second-order valence-electron chi connectivity index (χ2n) is 18.3. The molecule has 0 aromatic carbocycles. The van der Waals surface area contributed by atoms with Crippen molar-refractivity contribution in [1.82, 2.24) is 0 Å². The summed E-state index contributed by atoms with van der Waals surface area (Å²) in [6.45, 7) is 6.97. The Labute approximate surface area is 345 Å². The fourth-order valence-corrected chi connectivity index (χ4v) is 15.1. The maximum absolute atomic E-state index is 6.41. The maximum atomic E-state index is 6.41. The lowest BCUT2D eigenvalue weighted by atomic mass is 10.0. The van der Waals surface area contributed by atoms with Crippen LogP contribution in [0.2, 0.25) is 24.2 Å². The Hall–Kier alpha value is 0.507. The molecule has 320 valence electrons. The molecule has 0 atom stereocenters. The van der Waals surface area contributed by atoms with E-state index in [-0.39, 0.29) is 0 Å². The van der Waals surface area contributed by atoms with Gasteiger partial charge in [0, 0.05) is 5.88 Å². The summed E-state index contributed by atoms with van der Waals surface area (Å²) >= 11 is 6.41. The summed E-state index contributed by atoms with van der Waals surface area (Å²) in [5.74, 6) is 0.894. The van der Waals surface area contributed by atoms with Gasteiger partial charge in [-0.05, 0) is 6.42 Å². The Kier molecular flexibility index (Phi) is 47.3. The van der Waals surface area contributed by atoms with Gasteiger partial charge in [-0.2, -0.15) is 0 Å². The van der Waals surface area contributed by atoms with Gasteiger partial charge in [0.05, 0.1) is 8.07 Å². The van der Waals surface area contributed by atoms with Crippen LogP contribution in [0, 0.1) is 0 Å². The van der Waals surface area contributed by atoms with Gasteiger partial charge in [0.25, 0.3) is 0 Å². The predicted octanol–water partition coefficient (Wildman–Crippen LogP) is 20.5.